The van der Waals surface area contributed by atoms with Crippen molar-refractivity contribution in [1.82, 2.24) is 24.7 Å². The van der Waals surface area contributed by atoms with Crippen LogP contribution < -0.4 is 15.5 Å². The lowest BCUT2D eigenvalue weighted by molar-refractivity contribution is -0.128. The molecular weight excluding hydrogens is 484 g/mol. The molecule has 5 rings (SSSR count). The zero-order chi connectivity index (χ0) is 25.3. The maximum absolute atomic E-state index is 13.3. The van der Waals surface area contributed by atoms with E-state index in [1.165, 1.54) is 21.7 Å². The van der Waals surface area contributed by atoms with Crippen LogP contribution in [0, 0.1) is 0 Å². The van der Waals surface area contributed by atoms with E-state index in [0.29, 0.717) is 52.4 Å². The molecule has 2 atom stereocenters. The van der Waals surface area contributed by atoms with E-state index in [1.807, 2.05) is 17.0 Å². The first-order valence-electron chi connectivity index (χ1n) is 12.7. The van der Waals surface area contributed by atoms with Gasteiger partial charge in [0.2, 0.25) is 21.8 Å². The summed E-state index contributed by atoms with van der Waals surface area (Å²) in [5.74, 6) is -0.0452. The molecule has 36 heavy (non-hydrogen) atoms. The standard InChI is InChI=1S/C24H36N6O5S/c1-36(33,34)29-9-7-27(8-10-29)17-18-3-2-4-20-19(18)5-6-30(20)24(32)15-21-25-22(16-23(31)26-21)28-11-13-35-14-12-28/h2-4,21-22,25H,5-17H2,1H3,(H,26,31). The highest BCUT2D eigenvalue weighted by Gasteiger charge is 2.34. The van der Waals surface area contributed by atoms with E-state index < -0.39 is 16.2 Å². The van der Waals surface area contributed by atoms with Gasteiger partial charge in [-0.2, -0.15) is 4.31 Å². The van der Waals surface area contributed by atoms with E-state index in [1.54, 1.807) is 0 Å². The van der Waals surface area contributed by atoms with Crippen molar-refractivity contribution < 1.29 is 22.7 Å². The van der Waals surface area contributed by atoms with Crippen LogP contribution in [-0.4, -0.2) is 112 Å². The lowest BCUT2D eigenvalue weighted by Crippen LogP contribution is -2.63. The van der Waals surface area contributed by atoms with Gasteiger partial charge in [-0.25, -0.2) is 8.42 Å². The fourth-order valence-corrected chi connectivity index (χ4v) is 6.48. The lowest BCUT2D eigenvalue weighted by atomic mass is 10.0. The maximum atomic E-state index is 13.3. The second-order valence-electron chi connectivity index (χ2n) is 10.0. The quantitative estimate of drug-likeness (QED) is 0.498. The lowest BCUT2D eigenvalue weighted by Gasteiger charge is -2.40. The molecule has 0 aliphatic carbocycles. The summed E-state index contributed by atoms with van der Waals surface area (Å²) in [7, 11) is -3.15. The van der Waals surface area contributed by atoms with Gasteiger partial charge < -0.3 is 15.0 Å². The Bertz CT molecular complexity index is 1080. The van der Waals surface area contributed by atoms with Crippen LogP contribution in [-0.2, 0) is 37.3 Å². The van der Waals surface area contributed by atoms with Crippen LogP contribution in [0.4, 0.5) is 5.69 Å². The van der Waals surface area contributed by atoms with E-state index in [-0.39, 0.29) is 24.4 Å². The number of morpholine rings is 1. The minimum Gasteiger partial charge on any atom is -0.379 e. The molecule has 0 radical (unpaired) electrons. The number of hydrogen-bond donors (Lipinski definition) is 2. The van der Waals surface area contributed by atoms with Crippen LogP contribution in [0.25, 0.3) is 0 Å². The fourth-order valence-electron chi connectivity index (χ4n) is 5.65. The Kier molecular flexibility index (Phi) is 7.61. The minimum absolute atomic E-state index is 0.00639. The zero-order valence-corrected chi connectivity index (χ0v) is 21.6. The van der Waals surface area contributed by atoms with E-state index >= 15 is 0 Å². The average molecular weight is 521 g/mol. The van der Waals surface area contributed by atoms with Crippen molar-refractivity contribution in [2.75, 3.05) is 70.2 Å². The number of benzene rings is 1. The van der Waals surface area contributed by atoms with Crippen LogP contribution in [0.2, 0.25) is 0 Å². The van der Waals surface area contributed by atoms with Gasteiger partial charge in [-0.15, -0.1) is 0 Å². The highest BCUT2D eigenvalue weighted by atomic mass is 32.2. The highest BCUT2D eigenvalue weighted by Crippen LogP contribution is 2.32. The zero-order valence-electron chi connectivity index (χ0n) is 20.8. The third kappa shape index (κ3) is 5.74. The summed E-state index contributed by atoms with van der Waals surface area (Å²) in [6, 6.07) is 6.09. The van der Waals surface area contributed by atoms with Crippen molar-refractivity contribution in [1.29, 1.82) is 0 Å². The predicted molar refractivity (Wildman–Crippen MR) is 135 cm³/mol. The summed E-state index contributed by atoms with van der Waals surface area (Å²) in [5.41, 5.74) is 3.31. The van der Waals surface area contributed by atoms with Gasteiger partial charge in [-0.05, 0) is 23.6 Å². The smallest absolute Gasteiger partial charge is 0.230 e. The molecule has 2 amide bonds. The molecule has 4 heterocycles. The number of piperazine rings is 1. The topological polar surface area (TPSA) is 115 Å². The van der Waals surface area contributed by atoms with E-state index in [4.69, 9.17) is 4.74 Å². The Morgan fingerprint density at radius 1 is 1.08 bits per heavy atom. The fraction of sp³-hybridized carbons (Fsp3) is 0.667. The number of rotatable bonds is 6. The molecule has 198 valence electrons. The normalized spacial score (nSPS) is 26.6. The molecule has 2 unspecified atom stereocenters. The van der Waals surface area contributed by atoms with Gasteiger partial charge in [-0.3, -0.25) is 24.7 Å². The molecule has 1 aromatic rings. The predicted octanol–water partition coefficient (Wildman–Crippen LogP) is -0.863. The SMILES string of the molecule is CS(=O)(=O)N1CCN(Cc2cccc3c2CCN3C(=O)CC2NC(=O)CC(N3CCOCC3)N2)CC1. The molecular formula is C24H36N6O5S. The Morgan fingerprint density at radius 2 is 1.83 bits per heavy atom. The van der Waals surface area contributed by atoms with Crippen LogP contribution in [0.15, 0.2) is 18.2 Å². The number of carbonyl (C=O) groups excluding carboxylic acids is 2. The van der Waals surface area contributed by atoms with E-state index in [0.717, 1.165) is 31.7 Å². The first-order valence-corrected chi connectivity index (χ1v) is 14.6. The van der Waals surface area contributed by atoms with Crippen molar-refractivity contribution >= 4 is 27.5 Å². The minimum atomic E-state index is -3.15. The molecule has 4 aliphatic rings. The Morgan fingerprint density at radius 3 is 2.56 bits per heavy atom. The van der Waals surface area contributed by atoms with Crippen molar-refractivity contribution in [3.05, 3.63) is 29.3 Å². The number of carbonyl (C=O) groups is 2. The third-order valence-electron chi connectivity index (χ3n) is 7.59. The maximum Gasteiger partial charge on any atom is 0.230 e. The van der Waals surface area contributed by atoms with E-state index in [2.05, 4.69) is 26.5 Å². The van der Waals surface area contributed by atoms with Gasteiger partial charge in [0.05, 0.1) is 44.6 Å². The van der Waals surface area contributed by atoms with Crippen molar-refractivity contribution in [2.24, 2.45) is 0 Å². The summed E-state index contributed by atoms with van der Waals surface area (Å²) in [6.45, 7) is 6.62. The van der Waals surface area contributed by atoms with Gasteiger partial charge in [0.1, 0.15) is 0 Å². The molecule has 0 spiro atoms. The number of nitrogens with one attached hydrogen (secondary N) is 2. The molecule has 11 nitrogen and oxygen atoms in total. The summed E-state index contributed by atoms with van der Waals surface area (Å²) >= 11 is 0. The molecule has 0 saturated carbocycles. The molecule has 3 saturated heterocycles. The largest absolute Gasteiger partial charge is 0.379 e. The number of hydrogen-bond acceptors (Lipinski definition) is 8. The highest BCUT2D eigenvalue weighted by molar-refractivity contribution is 7.88. The molecule has 3 fully saturated rings. The molecule has 12 heteroatoms. The number of ether oxygens (including phenoxy) is 1. The summed E-state index contributed by atoms with van der Waals surface area (Å²) in [6.07, 6.45) is 2.14. The van der Waals surface area contributed by atoms with Crippen LogP contribution in [0.3, 0.4) is 0 Å². The average Bonchev–Trinajstić information content (AvgIpc) is 3.29. The number of nitrogens with zero attached hydrogens (tertiary/aromatic N) is 4. The first kappa shape index (κ1) is 25.6. The Balaban J connectivity index is 1.20. The molecule has 0 aromatic heterocycles. The Hall–Kier alpha value is -2.09. The molecule has 4 aliphatic heterocycles. The first-order chi connectivity index (χ1) is 17.3. The Labute approximate surface area is 212 Å². The monoisotopic (exact) mass is 520 g/mol. The second kappa shape index (κ2) is 10.7. The van der Waals surface area contributed by atoms with Crippen LogP contribution >= 0.6 is 0 Å². The number of fused-ring (bicyclic) bond motifs is 1. The van der Waals surface area contributed by atoms with Crippen LogP contribution in [0.5, 0.6) is 0 Å². The summed E-state index contributed by atoms with van der Waals surface area (Å²) < 4.78 is 30.6. The second-order valence-corrected chi connectivity index (χ2v) is 12.0. The van der Waals surface area contributed by atoms with Crippen molar-refractivity contribution in [2.45, 2.75) is 38.1 Å². The molecule has 1 aromatic carbocycles. The van der Waals surface area contributed by atoms with Gasteiger partial charge in [-0.1, -0.05) is 12.1 Å². The van der Waals surface area contributed by atoms with Crippen LogP contribution in [0.1, 0.15) is 24.0 Å². The van der Waals surface area contributed by atoms with Gasteiger partial charge in [0, 0.05) is 58.0 Å². The van der Waals surface area contributed by atoms with Crippen molar-refractivity contribution in [3.8, 4) is 0 Å². The molecule has 2 N–H and O–H groups in total. The van der Waals surface area contributed by atoms with E-state index in [9.17, 15) is 18.0 Å². The van der Waals surface area contributed by atoms with Gasteiger partial charge >= 0.3 is 0 Å². The summed E-state index contributed by atoms with van der Waals surface area (Å²) in [4.78, 5) is 32.0. The van der Waals surface area contributed by atoms with Gasteiger partial charge in [0.15, 0.2) is 0 Å². The third-order valence-corrected chi connectivity index (χ3v) is 8.90. The number of anilines is 1. The van der Waals surface area contributed by atoms with Crippen molar-refractivity contribution in [3.63, 3.8) is 0 Å². The molecule has 0 bridgehead atoms. The number of amides is 2. The number of sulfonamides is 1. The summed E-state index contributed by atoms with van der Waals surface area (Å²) in [5, 5.41) is 6.38. The van der Waals surface area contributed by atoms with Gasteiger partial charge in [0.25, 0.3) is 0 Å².